The van der Waals surface area contributed by atoms with E-state index in [1.807, 2.05) is 0 Å². The minimum atomic E-state index is 0.694. The van der Waals surface area contributed by atoms with Gasteiger partial charge in [0.2, 0.25) is 0 Å². The fraction of sp³-hybridized carbons (Fsp3) is 0.538. The molecule has 0 bridgehead atoms. The molecule has 1 heterocycles. The summed E-state index contributed by atoms with van der Waals surface area (Å²) in [5.74, 6) is 0.696. The summed E-state index contributed by atoms with van der Waals surface area (Å²) in [4.78, 5) is 5.12. The zero-order chi connectivity index (χ0) is 11.2. The van der Waals surface area contributed by atoms with Crippen LogP contribution in [0, 0.1) is 5.92 Å². The van der Waals surface area contributed by atoms with Crippen molar-refractivity contribution >= 4 is 0 Å². The lowest BCUT2D eigenvalue weighted by Crippen LogP contribution is -2.31. The van der Waals surface area contributed by atoms with E-state index in [2.05, 4.69) is 29.7 Å². The molecule has 1 unspecified atom stereocenters. The van der Waals surface area contributed by atoms with Crippen molar-refractivity contribution in [2.75, 3.05) is 20.3 Å². The summed E-state index contributed by atoms with van der Waals surface area (Å²) in [5.41, 5.74) is 5.60. The molecule has 0 radical (unpaired) electrons. The number of ether oxygens (including phenoxy) is 1. The SMILES string of the molecule is COCc1ccc(CC2CCONC2)cc1. The molecule has 1 aromatic carbocycles. The third-order valence-electron chi connectivity index (χ3n) is 2.96. The first-order valence-electron chi connectivity index (χ1n) is 5.80. The Bertz CT molecular complexity index is 304. The predicted molar refractivity (Wildman–Crippen MR) is 62.9 cm³/mol. The largest absolute Gasteiger partial charge is 0.380 e. The number of hydrogen-bond donors (Lipinski definition) is 1. The zero-order valence-electron chi connectivity index (χ0n) is 9.74. The minimum Gasteiger partial charge on any atom is -0.380 e. The van der Waals surface area contributed by atoms with E-state index in [9.17, 15) is 0 Å². The van der Waals surface area contributed by atoms with E-state index in [1.165, 1.54) is 11.1 Å². The minimum absolute atomic E-state index is 0.694. The maximum absolute atomic E-state index is 5.12. The van der Waals surface area contributed by atoms with Crippen LogP contribution >= 0.6 is 0 Å². The van der Waals surface area contributed by atoms with E-state index in [1.54, 1.807) is 7.11 Å². The lowest BCUT2D eigenvalue weighted by atomic mass is 9.95. The number of benzene rings is 1. The van der Waals surface area contributed by atoms with Crippen LogP contribution in [0.25, 0.3) is 0 Å². The Morgan fingerprint density at radius 2 is 2.06 bits per heavy atom. The molecule has 1 aliphatic rings. The molecule has 0 saturated carbocycles. The Morgan fingerprint density at radius 3 is 2.69 bits per heavy atom. The van der Waals surface area contributed by atoms with Gasteiger partial charge in [-0.1, -0.05) is 24.3 Å². The summed E-state index contributed by atoms with van der Waals surface area (Å²) in [6.45, 7) is 2.48. The van der Waals surface area contributed by atoms with Gasteiger partial charge in [-0.15, -0.1) is 0 Å². The van der Waals surface area contributed by atoms with Crippen LogP contribution in [0.4, 0.5) is 0 Å². The second kappa shape index (κ2) is 5.99. The molecular formula is C13H19NO2. The Balaban J connectivity index is 1.88. The Morgan fingerprint density at radius 1 is 1.31 bits per heavy atom. The molecule has 0 aromatic heterocycles. The van der Waals surface area contributed by atoms with Gasteiger partial charge < -0.3 is 9.57 Å². The van der Waals surface area contributed by atoms with Crippen LogP contribution in [-0.2, 0) is 22.6 Å². The van der Waals surface area contributed by atoms with Crippen LogP contribution < -0.4 is 5.48 Å². The average Bonchev–Trinajstić information content (AvgIpc) is 2.33. The number of methoxy groups -OCH3 is 1. The van der Waals surface area contributed by atoms with Crippen molar-refractivity contribution in [3.8, 4) is 0 Å². The van der Waals surface area contributed by atoms with Gasteiger partial charge in [-0.2, -0.15) is 0 Å². The third kappa shape index (κ3) is 3.30. The van der Waals surface area contributed by atoms with E-state index in [0.29, 0.717) is 12.5 Å². The van der Waals surface area contributed by atoms with E-state index in [-0.39, 0.29) is 0 Å². The molecule has 16 heavy (non-hydrogen) atoms. The molecule has 0 aliphatic carbocycles. The monoisotopic (exact) mass is 221 g/mol. The second-order valence-corrected chi connectivity index (χ2v) is 4.31. The molecule has 2 rings (SSSR count). The summed E-state index contributed by atoms with van der Waals surface area (Å²) in [7, 11) is 1.72. The lowest BCUT2D eigenvalue weighted by molar-refractivity contribution is -0.00974. The van der Waals surface area contributed by atoms with Crippen LogP contribution in [0.2, 0.25) is 0 Å². The first kappa shape index (κ1) is 11.6. The Labute approximate surface area is 96.7 Å². The second-order valence-electron chi connectivity index (χ2n) is 4.31. The molecule has 1 aromatic rings. The molecule has 1 N–H and O–H groups in total. The van der Waals surface area contributed by atoms with Crippen molar-refractivity contribution in [1.82, 2.24) is 5.48 Å². The van der Waals surface area contributed by atoms with Gasteiger partial charge in [0.25, 0.3) is 0 Å². The van der Waals surface area contributed by atoms with Crippen molar-refractivity contribution in [2.24, 2.45) is 5.92 Å². The van der Waals surface area contributed by atoms with Gasteiger partial charge in [0.15, 0.2) is 0 Å². The van der Waals surface area contributed by atoms with Crippen LogP contribution in [0.1, 0.15) is 17.5 Å². The molecule has 1 aliphatic heterocycles. The van der Waals surface area contributed by atoms with Crippen molar-refractivity contribution in [3.63, 3.8) is 0 Å². The van der Waals surface area contributed by atoms with Crippen LogP contribution in [0.5, 0.6) is 0 Å². The normalized spacial score (nSPS) is 20.9. The Hall–Kier alpha value is -0.900. The topological polar surface area (TPSA) is 30.5 Å². The summed E-state index contributed by atoms with van der Waals surface area (Å²) in [6.07, 6.45) is 2.27. The van der Waals surface area contributed by atoms with Crippen molar-refractivity contribution in [1.29, 1.82) is 0 Å². The van der Waals surface area contributed by atoms with Crippen LogP contribution in [0.15, 0.2) is 24.3 Å². The fourth-order valence-corrected chi connectivity index (χ4v) is 2.02. The highest BCUT2D eigenvalue weighted by Gasteiger charge is 2.13. The summed E-state index contributed by atoms with van der Waals surface area (Å²) < 4.78 is 5.09. The summed E-state index contributed by atoms with van der Waals surface area (Å²) in [5, 5.41) is 0. The summed E-state index contributed by atoms with van der Waals surface area (Å²) >= 11 is 0. The first-order valence-corrected chi connectivity index (χ1v) is 5.80. The van der Waals surface area contributed by atoms with Gasteiger partial charge in [0.05, 0.1) is 13.2 Å². The average molecular weight is 221 g/mol. The highest BCUT2D eigenvalue weighted by atomic mass is 16.6. The van der Waals surface area contributed by atoms with Gasteiger partial charge in [-0.25, -0.2) is 5.48 Å². The third-order valence-corrected chi connectivity index (χ3v) is 2.96. The molecule has 0 amide bonds. The van der Waals surface area contributed by atoms with Gasteiger partial charge in [0, 0.05) is 13.7 Å². The number of rotatable bonds is 4. The quantitative estimate of drug-likeness (QED) is 0.842. The van der Waals surface area contributed by atoms with Crippen molar-refractivity contribution in [2.45, 2.75) is 19.4 Å². The van der Waals surface area contributed by atoms with Crippen LogP contribution in [0.3, 0.4) is 0 Å². The molecule has 3 nitrogen and oxygen atoms in total. The standard InChI is InChI=1S/C13H19NO2/c1-15-10-12-4-2-11(3-5-12)8-13-6-7-16-14-9-13/h2-5,13-14H,6-10H2,1H3. The van der Waals surface area contributed by atoms with Crippen molar-refractivity contribution in [3.05, 3.63) is 35.4 Å². The van der Waals surface area contributed by atoms with Crippen LogP contribution in [-0.4, -0.2) is 20.3 Å². The van der Waals surface area contributed by atoms with Gasteiger partial charge in [0.1, 0.15) is 0 Å². The first-order chi connectivity index (χ1) is 7.88. The van der Waals surface area contributed by atoms with E-state index < -0.39 is 0 Å². The molecule has 3 heteroatoms. The van der Waals surface area contributed by atoms with E-state index in [4.69, 9.17) is 9.57 Å². The number of hydroxylamine groups is 1. The maximum atomic E-state index is 5.12. The smallest absolute Gasteiger partial charge is 0.0713 e. The molecule has 88 valence electrons. The summed E-state index contributed by atoms with van der Waals surface area (Å²) in [6, 6.07) is 8.69. The zero-order valence-corrected chi connectivity index (χ0v) is 9.74. The maximum Gasteiger partial charge on any atom is 0.0713 e. The molecule has 0 spiro atoms. The van der Waals surface area contributed by atoms with Gasteiger partial charge >= 0.3 is 0 Å². The van der Waals surface area contributed by atoms with E-state index in [0.717, 1.165) is 26.0 Å². The van der Waals surface area contributed by atoms with E-state index >= 15 is 0 Å². The molecule has 1 saturated heterocycles. The number of hydrogen-bond acceptors (Lipinski definition) is 3. The molecule has 1 fully saturated rings. The fourth-order valence-electron chi connectivity index (χ4n) is 2.02. The lowest BCUT2D eigenvalue weighted by Gasteiger charge is -2.22. The highest BCUT2D eigenvalue weighted by molar-refractivity contribution is 5.22. The predicted octanol–water partition coefficient (Wildman–Crippen LogP) is 1.92. The van der Waals surface area contributed by atoms with Gasteiger partial charge in [-0.05, 0) is 29.9 Å². The number of nitrogens with one attached hydrogen (secondary N) is 1. The van der Waals surface area contributed by atoms with Crippen molar-refractivity contribution < 1.29 is 9.57 Å². The highest BCUT2D eigenvalue weighted by Crippen LogP contribution is 2.15. The van der Waals surface area contributed by atoms with Gasteiger partial charge in [-0.3, -0.25) is 0 Å². The molecule has 1 atom stereocenters. The Kier molecular flexibility index (Phi) is 4.34. The molecular weight excluding hydrogens is 202 g/mol.